The molecule has 2 N–H and O–H groups in total. The Bertz CT molecular complexity index is 1120. The molecule has 0 radical (unpaired) electrons. The number of amides is 1. The number of anilines is 1. The monoisotopic (exact) mass is 450 g/mol. The van der Waals surface area contributed by atoms with Crippen molar-refractivity contribution in [2.75, 3.05) is 25.1 Å². The van der Waals surface area contributed by atoms with Crippen LogP contribution in [0.1, 0.15) is 0 Å². The Morgan fingerprint density at radius 1 is 1.03 bits per heavy atom. The molecule has 1 aromatic heterocycles. The van der Waals surface area contributed by atoms with Gasteiger partial charge in [-0.2, -0.15) is 0 Å². The first-order chi connectivity index (χ1) is 16.2. The molecule has 4 atom stereocenters. The predicted octanol–water partition coefficient (Wildman–Crippen LogP) is 2.42. The van der Waals surface area contributed by atoms with Gasteiger partial charge in [0, 0.05) is 11.8 Å². The first-order valence-corrected chi connectivity index (χ1v) is 10.7. The number of fused-ring (bicyclic) bond motifs is 1. The van der Waals surface area contributed by atoms with Gasteiger partial charge in [0.1, 0.15) is 23.8 Å². The first-order valence-electron chi connectivity index (χ1n) is 10.7. The van der Waals surface area contributed by atoms with E-state index in [2.05, 4.69) is 20.6 Å². The van der Waals surface area contributed by atoms with Crippen LogP contribution in [0.25, 0.3) is 11.3 Å². The van der Waals surface area contributed by atoms with Crippen molar-refractivity contribution in [2.45, 2.75) is 24.3 Å². The lowest BCUT2D eigenvalue weighted by Gasteiger charge is -2.18. The smallest absolute Gasteiger partial charge is 0.258 e. The van der Waals surface area contributed by atoms with Crippen LogP contribution in [0.5, 0.6) is 5.75 Å². The molecule has 2 fully saturated rings. The van der Waals surface area contributed by atoms with Gasteiger partial charge in [-0.3, -0.25) is 4.79 Å². The van der Waals surface area contributed by atoms with Crippen LogP contribution < -0.4 is 15.4 Å². The number of hydrogen-bond donors (Lipinski definition) is 2. The Morgan fingerprint density at radius 2 is 1.82 bits per heavy atom. The first kappa shape index (κ1) is 21.3. The van der Waals surface area contributed by atoms with E-state index < -0.39 is 0 Å². The highest BCUT2D eigenvalue weighted by atomic mass is 19.1. The topological polar surface area (TPSA) is 94.6 Å². The second-order valence-corrected chi connectivity index (χ2v) is 7.90. The van der Waals surface area contributed by atoms with Crippen molar-refractivity contribution < 1.29 is 23.4 Å². The summed E-state index contributed by atoms with van der Waals surface area (Å²) in [4.78, 5) is 21.1. The summed E-state index contributed by atoms with van der Waals surface area (Å²) in [6, 6.07) is 16.7. The fraction of sp³-hybridized carbons (Fsp3) is 0.292. The summed E-state index contributed by atoms with van der Waals surface area (Å²) in [5.74, 6) is 0.474. The fourth-order valence-corrected chi connectivity index (χ4v) is 4.06. The van der Waals surface area contributed by atoms with E-state index in [0.29, 0.717) is 36.2 Å². The molecular formula is C24H23FN4O4. The predicted molar refractivity (Wildman–Crippen MR) is 118 cm³/mol. The van der Waals surface area contributed by atoms with Crippen molar-refractivity contribution in [3.63, 3.8) is 0 Å². The van der Waals surface area contributed by atoms with Crippen molar-refractivity contribution in [2.24, 2.45) is 0 Å². The highest BCUT2D eigenvalue weighted by molar-refractivity contribution is 5.78. The third-order valence-corrected chi connectivity index (χ3v) is 5.60. The van der Waals surface area contributed by atoms with E-state index in [9.17, 15) is 9.18 Å². The fourth-order valence-electron chi connectivity index (χ4n) is 4.06. The molecule has 9 heteroatoms. The summed E-state index contributed by atoms with van der Waals surface area (Å²) in [7, 11) is 0. The Labute approximate surface area is 190 Å². The second kappa shape index (κ2) is 9.51. The molecule has 0 bridgehead atoms. The number of carbonyl (C=O) groups excluding carboxylic acids is 1. The van der Waals surface area contributed by atoms with E-state index in [1.165, 1.54) is 12.1 Å². The molecule has 0 aliphatic carbocycles. The zero-order valence-corrected chi connectivity index (χ0v) is 17.7. The molecule has 0 spiro atoms. The van der Waals surface area contributed by atoms with Crippen LogP contribution in [0.4, 0.5) is 10.3 Å². The van der Waals surface area contributed by atoms with Crippen LogP contribution in [0, 0.1) is 5.82 Å². The normalized spacial score (nSPS) is 23.7. The summed E-state index contributed by atoms with van der Waals surface area (Å²) >= 11 is 0. The average molecular weight is 450 g/mol. The second-order valence-electron chi connectivity index (χ2n) is 7.90. The zero-order valence-electron chi connectivity index (χ0n) is 17.7. The van der Waals surface area contributed by atoms with Crippen molar-refractivity contribution in [3.05, 3.63) is 72.7 Å². The summed E-state index contributed by atoms with van der Waals surface area (Å²) in [6.45, 7) is 0.644. The molecule has 2 aliphatic heterocycles. The SMILES string of the molecule is O=C(COc1ccccc1)N[C@H]1CO[C@H]2[C@@H]1OC[C@@H]2Nc1nccc(-c2cccc(F)c2)n1. The third kappa shape index (κ3) is 4.94. The number of nitrogens with one attached hydrogen (secondary N) is 2. The van der Waals surface area contributed by atoms with Crippen LogP contribution in [-0.2, 0) is 14.3 Å². The average Bonchev–Trinajstić information content (AvgIpc) is 3.42. The third-order valence-electron chi connectivity index (χ3n) is 5.60. The van der Waals surface area contributed by atoms with Gasteiger partial charge in [0.25, 0.3) is 5.91 Å². The minimum atomic E-state index is -0.325. The van der Waals surface area contributed by atoms with E-state index in [-0.39, 0.29) is 42.6 Å². The Balaban J connectivity index is 1.17. The molecule has 2 aromatic carbocycles. The van der Waals surface area contributed by atoms with Gasteiger partial charge in [0.05, 0.1) is 31.0 Å². The lowest BCUT2D eigenvalue weighted by molar-refractivity contribution is -0.124. The molecule has 3 heterocycles. The van der Waals surface area contributed by atoms with E-state index in [1.54, 1.807) is 36.5 Å². The molecule has 170 valence electrons. The van der Waals surface area contributed by atoms with Crippen LogP contribution in [0.2, 0.25) is 0 Å². The van der Waals surface area contributed by atoms with Crippen molar-refractivity contribution >= 4 is 11.9 Å². The summed E-state index contributed by atoms with van der Waals surface area (Å²) < 4.78 is 30.9. The molecule has 2 aliphatic rings. The maximum atomic E-state index is 13.6. The number of ether oxygens (including phenoxy) is 3. The maximum absolute atomic E-state index is 13.6. The van der Waals surface area contributed by atoms with E-state index in [1.807, 2.05) is 18.2 Å². The Morgan fingerprint density at radius 3 is 2.64 bits per heavy atom. The van der Waals surface area contributed by atoms with Gasteiger partial charge < -0.3 is 24.8 Å². The van der Waals surface area contributed by atoms with Gasteiger partial charge >= 0.3 is 0 Å². The quantitative estimate of drug-likeness (QED) is 0.571. The van der Waals surface area contributed by atoms with E-state index in [4.69, 9.17) is 14.2 Å². The van der Waals surface area contributed by atoms with Gasteiger partial charge in [-0.05, 0) is 30.3 Å². The summed E-state index contributed by atoms with van der Waals surface area (Å²) in [5.41, 5.74) is 1.27. The van der Waals surface area contributed by atoms with Crippen molar-refractivity contribution in [1.82, 2.24) is 15.3 Å². The molecule has 5 rings (SSSR count). The number of nitrogens with zero attached hydrogens (tertiary/aromatic N) is 2. The van der Waals surface area contributed by atoms with Crippen molar-refractivity contribution in [3.8, 4) is 17.0 Å². The largest absolute Gasteiger partial charge is 0.484 e. The van der Waals surface area contributed by atoms with E-state index >= 15 is 0 Å². The molecule has 1 amide bonds. The number of hydrogen-bond acceptors (Lipinski definition) is 7. The molecule has 0 saturated carbocycles. The number of aromatic nitrogens is 2. The number of halogens is 1. The van der Waals surface area contributed by atoms with Gasteiger partial charge in [0.15, 0.2) is 6.61 Å². The Hall–Kier alpha value is -3.56. The molecule has 0 unspecified atom stereocenters. The zero-order chi connectivity index (χ0) is 22.6. The maximum Gasteiger partial charge on any atom is 0.258 e. The van der Waals surface area contributed by atoms with Crippen LogP contribution in [0.3, 0.4) is 0 Å². The molecular weight excluding hydrogens is 427 g/mol. The number of carbonyl (C=O) groups is 1. The summed E-state index contributed by atoms with van der Waals surface area (Å²) in [5, 5.41) is 6.19. The molecule has 2 saturated heterocycles. The lowest BCUT2D eigenvalue weighted by atomic mass is 10.1. The number of para-hydroxylation sites is 1. The lowest BCUT2D eigenvalue weighted by Crippen LogP contribution is -2.46. The van der Waals surface area contributed by atoms with Gasteiger partial charge in [-0.25, -0.2) is 14.4 Å². The minimum Gasteiger partial charge on any atom is -0.484 e. The van der Waals surface area contributed by atoms with Crippen LogP contribution >= 0.6 is 0 Å². The summed E-state index contributed by atoms with van der Waals surface area (Å²) in [6.07, 6.45) is 1.08. The Kier molecular flexibility index (Phi) is 6.14. The highest BCUT2D eigenvalue weighted by Crippen LogP contribution is 2.29. The highest BCUT2D eigenvalue weighted by Gasteiger charge is 2.48. The van der Waals surface area contributed by atoms with Gasteiger partial charge in [-0.15, -0.1) is 0 Å². The molecule has 8 nitrogen and oxygen atoms in total. The number of rotatable bonds is 7. The van der Waals surface area contributed by atoms with Crippen LogP contribution in [0.15, 0.2) is 66.9 Å². The van der Waals surface area contributed by atoms with Crippen molar-refractivity contribution in [1.29, 1.82) is 0 Å². The van der Waals surface area contributed by atoms with Crippen LogP contribution in [-0.4, -0.2) is 60.0 Å². The van der Waals surface area contributed by atoms with Gasteiger partial charge in [-0.1, -0.05) is 30.3 Å². The molecule has 3 aromatic rings. The number of benzene rings is 2. The molecule has 33 heavy (non-hydrogen) atoms. The van der Waals surface area contributed by atoms with E-state index in [0.717, 1.165) is 0 Å². The minimum absolute atomic E-state index is 0.0830. The standard InChI is InChI=1S/C24H23FN4O4/c25-16-6-4-5-15(11-16)18-9-10-26-24(28-18)29-20-13-33-22-19(12-32-23(20)22)27-21(30)14-31-17-7-2-1-3-8-17/h1-11,19-20,22-23H,12-14H2,(H,27,30)(H,26,28,29)/t19-,20-,22+,23+/m0/s1. The van der Waals surface area contributed by atoms with Gasteiger partial charge in [0.2, 0.25) is 5.95 Å².